The van der Waals surface area contributed by atoms with E-state index in [4.69, 9.17) is 10.2 Å². The van der Waals surface area contributed by atoms with E-state index in [-0.39, 0.29) is 11.9 Å². The zero-order valence-corrected chi connectivity index (χ0v) is 15.6. The van der Waals surface area contributed by atoms with Crippen LogP contribution in [0.4, 0.5) is 0 Å². The molecule has 2 heterocycles. The van der Waals surface area contributed by atoms with Gasteiger partial charge in [-0.05, 0) is 12.3 Å². The Morgan fingerprint density at radius 3 is 2.54 bits per heavy atom. The first-order chi connectivity index (χ1) is 12.5. The third-order valence-electron chi connectivity index (χ3n) is 4.70. The van der Waals surface area contributed by atoms with E-state index < -0.39 is 0 Å². The van der Waals surface area contributed by atoms with Crippen LogP contribution in [0.1, 0.15) is 26.2 Å². The lowest BCUT2D eigenvalue weighted by molar-refractivity contribution is -0.134. The minimum absolute atomic E-state index is 0.0702. The first kappa shape index (κ1) is 18.6. The van der Waals surface area contributed by atoms with Crippen LogP contribution in [0.5, 0.6) is 0 Å². The van der Waals surface area contributed by atoms with Gasteiger partial charge in [0.15, 0.2) is 5.76 Å². The fourth-order valence-electron chi connectivity index (χ4n) is 3.28. The molecule has 0 saturated carbocycles. The molecule has 0 bridgehead atoms. The van der Waals surface area contributed by atoms with Crippen LogP contribution >= 0.6 is 0 Å². The third kappa shape index (κ3) is 4.71. The van der Waals surface area contributed by atoms with Crippen molar-refractivity contribution in [3.8, 4) is 11.3 Å². The van der Waals surface area contributed by atoms with Gasteiger partial charge in [0.2, 0.25) is 11.8 Å². The summed E-state index contributed by atoms with van der Waals surface area (Å²) in [5.74, 6) is 1.99. The van der Waals surface area contributed by atoms with Gasteiger partial charge in [0.1, 0.15) is 0 Å². The molecule has 0 aliphatic carbocycles. The van der Waals surface area contributed by atoms with Gasteiger partial charge < -0.3 is 15.1 Å². The summed E-state index contributed by atoms with van der Waals surface area (Å²) < 4.78 is 5.88. The van der Waals surface area contributed by atoms with Crippen LogP contribution in [-0.2, 0) is 11.3 Å². The van der Waals surface area contributed by atoms with Crippen LogP contribution in [0, 0.1) is 5.92 Å². The Morgan fingerprint density at radius 2 is 1.88 bits per heavy atom. The summed E-state index contributed by atoms with van der Waals surface area (Å²) in [6.07, 6.45) is 2.51. The lowest BCUT2D eigenvalue weighted by atomic mass is 10.0. The summed E-state index contributed by atoms with van der Waals surface area (Å²) in [5.41, 5.74) is 7.06. The van der Waals surface area contributed by atoms with Gasteiger partial charge in [-0.25, -0.2) is 4.98 Å². The van der Waals surface area contributed by atoms with Crippen molar-refractivity contribution >= 4 is 5.91 Å². The fraction of sp³-hybridized carbons (Fsp3) is 0.500. The third-order valence-corrected chi connectivity index (χ3v) is 4.70. The second-order valence-corrected chi connectivity index (χ2v) is 7.32. The molecule has 1 atom stereocenters. The number of aromatic nitrogens is 1. The molecular formula is C20H28N4O2. The van der Waals surface area contributed by atoms with Crippen molar-refractivity contribution in [1.29, 1.82) is 0 Å². The Kier molecular flexibility index (Phi) is 6.06. The van der Waals surface area contributed by atoms with Crippen molar-refractivity contribution in [3.05, 3.63) is 42.4 Å². The lowest BCUT2D eigenvalue weighted by Gasteiger charge is -2.35. The van der Waals surface area contributed by atoms with Crippen LogP contribution < -0.4 is 5.73 Å². The Labute approximate surface area is 155 Å². The molecule has 140 valence electrons. The zero-order valence-electron chi connectivity index (χ0n) is 15.6. The van der Waals surface area contributed by atoms with Crippen LogP contribution in [-0.4, -0.2) is 52.9 Å². The maximum absolute atomic E-state index is 12.4. The molecule has 1 amide bonds. The number of hydrogen-bond donors (Lipinski definition) is 1. The van der Waals surface area contributed by atoms with Crippen LogP contribution in [0.25, 0.3) is 11.3 Å². The molecule has 0 radical (unpaired) electrons. The van der Waals surface area contributed by atoms with Gasteiger partial charge in [-0.2, -0.15) is 0 Å². The zero-order chi connectivity index (χ0) is 18.5. The number of rotatable bonds is 6. The van der Waals surface area contributed by atoms with Crippen LogP contribution in [0.2, 0.25) is 0 Å². The van der Waals surface area contributed by atoms with Gasteiger partial charge in [0.05, 0.1) is 18.8 Å². The highest BCUT2D eigenvalue weighted by Gasteiger charge is 2.26. The Morgan fingerprint density at radius 1 is 1.19 bits per heavy atom. The van der Waals surface area contributed by atoms with E-state index in [1.807, 2.05) is 35.2 Å². The molecule has 2 aromatic rings. The number of carbonyl (C=O) groups excluding carboxylic acids is 1. The number of hydrogen-bond acceptors (Lipinski definition) is 5. The Balaban J connectivity index is 1.50. The molecule has 1 aliphatic heterocycles. The highest BCUT2D eigenvalue weighted by molar-refractivity contribution is 5.81. The quantitative estimate of drug-likeness (QED) is 0.860. The highest BCUT2D eigenvalue weighted by Crippen LogP contribution is 2.20. The first-order valence-electron chi connectivity index (χ1n) is 9.30. The number of nitrogens with zero attached hydrogens (tertiary/aromatic N) is 3. The van der Waals surface area contributed by atoms with Crippen molar-refractivity contribution in [2.24, 2.45) is 11.7 Å². The van der Waals surface area contributed by atoms with E-state index in [1.54, 1.807) is 6.20 Å². The molecule has 1 aromatic heterocycles. The summed E-state index contributed by atoms with van der Waals surface area (Å²) in [7, 11) is 0. The summed E-state index contributed by atoms with van der Waals surface area (Å²) in [6, 6.07) is 9.58. The number of nitrogens with two attached hydrogens (primary N) is 1. The molecule has 2 N–H and O–H groups in total. The van der Waals surface area contributed by atoms with E-state index >= 15 is 0 Å². The van der Waals surface area contributed by atoms with Gasteiger partial charge in [-0.3, -0.25) is 9.69 Å². The van der Waals surface area contributed by atoms with E-state index in [2.05, 4.69) is 23.7 Å². The molecule has 26 heavy (non-hydrogen) atoms. The largest absolute Gasteiger partial charge is 0.439 e. The SMILES string of the molecule is CC(C)C[C@H](N)C(=O)N1CCN(Cc2ncc(-c3ccccc3)o2)CC1. The molecule has 6 nitrogen and oxygen atoms in total. The summed E-state index contributed by atoms with van der Waals surface area (Å²) in [5, 5.41) is 0. The Bertz CT molecular complexity index is 706. The van der Waals surface area contributed by atoms with Crippen LogP contribution in [0.3, 0.4) is 0 Å². The van der Waals surface area contributed by atoms with Gasteiger partial charge >= 0.3 is 0 Å². The van der Waals surface area contributed by atoms with Crippen molar-refractivity contribution < 1.29 is 9.21 Å². The van der Waals surface area contributed by atoms with Gasteiger partial charge in [0.25, 0.3) is 0 Å². The van der Waals surface area contributed by atoms with Crippen molar-refractivity contribution in [2.45, 2.75) is 32.9 Å². The molecule has 1 fully saturated rings. The number of piperazine rings is 1. The number of oxazole rings is 1. The predicted octanol–water partition coefficient (Wildman–Crippen LogP) is 2.36. The first-order valence-corrected chi connectivity index (χ1v) is 9.30. The molecule has 0 unspecified atom stereocenters. The normalized spacial score (nSPS) is 16.8. The van der Waals surface area contributed by atoms with E-state index in [0.717, 1.165) is 30.8 Å². The fourth-order valence-corrected chi connectivity index (χ4v) is 3.28. The average Bonchev–Trinajstić information content (AvgIpc) is 3.10. The maximum atomic E-state index is 12.4. The monoisotopic (exact) mass is 356 g/mol. The molecule has 6 heteroatoms. The molecule has 1 saturated heterocycles. The Hall–Kier alpha value is -2.18. The van der Waals surface area contributed by atoms with Crippen molar-refractivity contribution in [3.63, 3.8) is 0 Å². The van der Waals surface area contributed by atoms with Crippen LogP contribution in [0.15, 0.2) is 40.9 Å². The van der Waals surface area contributed by atoms with Gasteiger partial charge in [-0.1, -0.05) is 44.2 Å². The topological polar surface area (TPSA) is 75.6 Å². The molecule has 1 aromatic carbocycles. The summed E-state index contributed by atoms with van der Waals surface area (Å²) >= 11 is 0. The molecule has 1 aliphatic rings. The minimum atomic E-state index is -0.387. The smallest absolute Gasteiger partial charge is 0.239 e. The van der Waals surface area contributed by atoms with E-state index in [9.17, 15) is 4.79 Å². The molecular weight excluding hydrogens is 328 g/mol. The predicted molar refractivity (Wildman–Crippen MR) is 101 cm³/mol. The number of benzene rings is 1. The van der Waals surface area contributed by atoms with Gasteiger partial charge in [-0.15, -0.1) is 0 Å². The standard InChI is InChI=1S/C20H28N4O2/c1-15(2)12-17(21)20(25)24-10-8-23(9-11-24)14-19-22-13-18(26-19)16-6-4-3-5-7-16/h3-7,13,15,17H,8-12,14,21H2,1-2H3/t17-/m0/s1. The summed E-state index contributed by atoms with van der Waals surface area (Å²) in [6.45, 7) is 7.86. The molecule has 0 spiro atoms. The highest BCUT2D eigenvalue weighted by atomic mass is 16.4. The number of carbonyl (C=O) groups is 1. The maximum Gasteiger partial charge on any atom is 0.239 e. The number of amides is 1. The van der Waals surface area contributed by atoms with Crippen molar-refractivity contribution in [2.75, 3.05) is 26.2 Å². The second-order valence-electron chi connectivity index (χ2n) is 7.32. The minimum Gasteiger partial charge on any atom is -0.439 e. The summed E-state index contributed by atoms with van der Waals surface area (Å²) in [4.78, 5) is 20.9. The second kappa shape index (κ2) is 8.47. The van der Waals surface area contributed by atoms with E-state index in [1.165, 1.54) is 0 Å². The average molecular weight is 356 g/mol. The molecule has 3 rings (SSSR count). The lowest BCUT2D eigenvalue weighted by Crippen LogP contribution is -2.53. The van der Waals surface area contributed by atoms with E-state index in [0.29, 0.717) is 31.4 Å². The van der Waals surface area contributed by atoms with Crippen molar-refractivity contribution in [1.82, 2.24) is 14.8 Å². The van der Waals surface area contributed by atoms with Gasteiger partial charge in [0, 0.05) is 31.7 Å².